The lowest BCUT2D eigenvalue weighted by molar-refractivity contribution is 0.497. The van der Waals surface area contributed by atoms with Crippen molar-refractivity contribution in [2.45, 2.75) is 25.9 Å². The summed E-state index contributed by atoms with van der Waals surface area (Å²) in [6, 6.07) is 7.04. The first kappa shape index (κ1) is 14.8. The van der Waals surface area contributed by atoms with Gasteiger partial charge in [-0.15, -0.1) is 11.3 Å². The molecule has 0 amide bonds. The molecule has 0 bridgehead atoms. The van der Waals surface area contributed by atoms with Crippen molar-refractivity contribution in [2.75, 3.05) is 0 Å². The van der Waals surface area contributed by atoms with E-state index in [1.54, 1.807) is 11.3 Å². The topological polar surface area (TPSA) is 12.0 Å². The molecule has 102 valence electrons. The Morgan fingerprint density at radius 1 is 1.16 bits per heavy atom. The fourth-order valence-corrected chi connectivity index (χ4v) is 3.24. The summed E-state index contributed by atoms with van der Waals surface area (Å²) in [6.45, 7) is 4.03. The van der Waals surface area contributed by atoms with Gasteiger partial charge in [0, 0.05) is 22.0 Å². The summed E-state index contributed by atoms with van der Waals surface area (Å²) >= 11 is 13.5. The number of hydrogen-bond donors (Lipinski definition) is 1. The average Bonchev–Trinajstić information content (AvgIpc) is 2.87. The van der Waals surface area contributed by atoms with Gasteiger partial charge in [0.25, 0.3) is 0 Å². The van der Waals surface area contributed by atoms with E-state index in [0.717, 1.165) is 0 Å². The molecule has 2 aromatic rings. The van der Waals surface area contributed by atoms with Crippen LogP contribution in [0.3, 0.4) is 0 Å². The van der Waals surface area contributed by atoms with Crippen LogP contribution in [0.1, 0.15) is 36.4 Å². The zero-order chi connectivity index (χ0) is 14.0. The highest BCUT2D eigenvalue weighted by atomic mass is 35.5. The second-order valence-electron chi connectivity index (χ2n) is 4.41. The summed E-state index contributed by atoms with van der Waals surface area (Å²) in [5.74, 6) is -0.446. The van der Waals surface area contributed by atoms with E-state index in [4.69, 9.17) is 23.2 Å². The van der Waals surface area contributed by atoms with Crippen molar-refractivity contribution < 1.29 is 4.39 Å². The number of halogens is 3. The molecule has 0 saturated carbocycles. The third-order valence-electron chi connectivity index (χ3n) is 2.98. The van der Waals surface area contributed by atoms with Gasteiger partial charge in [0.2, 0.25) is 0 Å². The maximum absolute atomic E-state index is 13.5. The van der Waals surface area contributed by atoms with Gasteiger partial charge in [-0.25, -0.2) is 4.39 Å². The lowest BCUT2D eigenvalue weighted by Gasteiger charge is -2.20. The number of benzene rings is 1. The van der Waals surface area contributed by atoms with Gasteiger partial charge < -0.3 is 5.32 Å². The highest BCUT2D eigenvalue weighted by Gasteiger charge is 2.16. The second-order valence-corrected chi connectivity index (χ2v) is 6.21. The molecule has 1 nitrogen and oxygen atoms in total. The van der Waals surface area contributed by atoms with E-state index in [9.17, 15) is 4.39 Å². The van der Waals surface area contributed by atoms with Gasteiger partial charge in [-0.3, -0.25) is 0 Å². The maximum Gasteiger partial charge on any atom is 0.142 e. The van der Waals surface area contributed by atoms with E-state index < -0.39 is 5.82 Å². The Kier molecular flexibility index (Phi) is 4.85. The van der Waals surface area contributed by atoms with Gasteiger partial charge >= 0.3 is 0 Å². The van der Waals surface area contributed by atoms with Crippen LogP contribution in [0.4, 0.5) is 4.39 Å². The van der Waals surface area contributed by atoms with Gasteiger partial charge in [0.05, 0.1) is 5.02 Å². The Bertz CT molecular complexity index is 557. The van der Waals surface area contributed by atoms with Crippen molar-refractivity contribution in [3.63, 3.8) is 0 Å². The maximum atomic E-state index is 13.5. The molecule has 1 N–H and O–H groups in total. The number of rotatable bonds is 4. The lowest BCUT2D eigenvalue weighted by atomic mass is 10.1. The molecule has 0 spiro atoms. The van der Waals surface area contributed by atoms with E-state index in [2.05, 4.69) is 18.3 Å². The second kappa shape index (κ2) is 6.23. The molecular formula is C14H14Cl2FNS. The van der Waals surface area contributed by atoms with Crippen LogP contribution >= 0.6 is 34.5 Å². The molecule has 1 aromatic heterocycles. The first-order chi connectivity index (χ1) is 8.99. The van der Waals surface area contributed by atoms with E-state index >= 15 is 0 Å². The molecule has 5 heteroatoms. The number of nitrogens with one attached hydrogen (secondary N) is 1. The molecule has 1 unspecified atom stereocenters. The summed E-state index contributed by atoms with van der Waals surface area (Å²) in [4.78, 5) is 1.23. The standard InChI is InChI=1S/C14H14Cl2FNS/c1-8(18-9(2)14-4-3-5-19-14)10-6-13(17)12(16)7-11(10)15/h3-9,18H,1-2H3/t8?,9-/m1/s1. The molecule has 2 rings (SSSR count). The predicted molar refractivity (Wildman–Crippen MR) is 80.7 cm³/mol. The van der Waals surface area contributed by atoms with Crippen molar-refractivity contribution in [2.24, 2.45) is 0 Å². The predicted octanol–water partition coefficient (Wildman–Crippen LogP) is 5.61. The Balaban J connectivity index is 2.16. The van der Waals surface area contributed by atoms with Crippen LogP contribution < -0.4 is 5.32 Å². The quantitative estimate of drug-likeness (QED) is 0.723. The molecule has 0 aliphatic heterocycles. The van der Waals surface area contributed by atoms with Crippen molar-refractivity contribution in [1.29, 1.82) is 0 Å². The molecular weight excluding hydrogens is 304 g/mol. The SMILES string of the molecule is CC(N[C@H](C)c1cccs1)c1cc(F)c(Cl)cc1Cl. The number of thiophene rings is 1. The fourth-order valence-electron chi connectivity index (χ4n) is 1.95. The van der Waals surface area contributed by atoms with Crippen LogP contribution in [0, 0.1) is 5.82 Å². The van der Waals surface area contributed by atoms with Crippen LogP contribution in [-0.4, -0.2) is 0 Å². The van der Waals surface area contributed by atoms with Crippen LogP contribution in [-0.2, 0) is 0 Å². The first-order valence-corrected chi connectivity index (χ1v) is 7.56. The monoisotopic (exact) mass is 317 g/mol. The Morgan fingerprint density at radius 2 is 1.89 bits per heavy atom. The molecule has 19 heavy (non-hydrogen) atoms. The van der Waals surface area contributed by atoms with Crippen molar-refractivity contribution in [1.82, 2.24) is 5.32 Å². The van der Waals surface area contributed by atoms with E-state index in [1.165, 1.54) is 17.0 Å². The Hall–Kier alpha value is -0.610. The lowest BCUT2D eigenvalue weighted by Crippen LogP contribution is -2.22. The van der Waals surface area contributed by atoms with Crippen LogP contribution in [0.5, 0.6) is 0 Å². The highest BCUT2D eigenvalue weighted by molar-refractivity contribution is 7.10. The van der Waals surface area contributed by atoms with Crippen molar-refractivity contribution in [3.8, 4) is 0 Å². The molecule has 0 saturated heterocycles. The van der Waals surface area contributed by atoms with E-state index in [0.29, 0.717) is 10.6 Å². The molecule has 1 aromatic carbocycles. The van der Waals surface area contributed by atoms with Gasteiger partial charge in [0.1, 0.15) is 5.82 Å². The van der Waals surface area contributed by atoms with Gasteiger partial charge in [-0.05, 0) is 43.0 Å². The third-order valence-corrected chi connectivity index (χ3v) is 4.65. The van der Waals surface area contributed by atoms with Crippen LogP contribution in [0.25, 0.3) is 0 Å². The molecule has 0 aliphatic carbocycles. The minimum atomic E-state index is -0.446. The highest BCUT2D eigenvalue weighted by Crippen LogP contribution is 2.30. The molecule has 1 heterocycles. The molecule has 0 radical (unpaired) electrons. The normalized spacial score (nSPS) is 14.4. The van der Waals surface area contributed by atoms with Gasteiger partial charge in [-0.2, -0.15) is 0 Å². The van der Waals surface area contributed by atoms with E-state index in [-0.39, 0.29) is 17.1 Å². The minimum Gasteiger partial charge on any atom is -0.303 e. The van der Waals surface area contributed by atoms with Gasteiger partial charge in [0.15, 0.2) is 0 Å². The minimum absolute atomic E-state index is 0.0484. The average molecular weight is 318 g/mol. The smallest absolute Gasteiger partial charge is 0.142 e. The zero-order valence-corrected chi connectivity index (χ0v) is 12.9. The Labute approximate surface area is 126 Å². The van der Waals surface area contributed by atoms with E-state index in [1.807, 2.05) is 18.4 Å². The van der Waals surface area contributed by atoms with Crippen molar-refractivity contribution >= 4 is 34.5 Å². The van der Waals surface area contributed by atoms with Crippen LogP contribution in [0.15, 0.2) is 29.6 Å². The fraction of sp³-hybridized carbons (Fsp3) is 0.286. The van der Waals surface area contributed by atoms with Crippen molar-refractivity contribution in [3.05, 3.63) is 55.9 Å². The van der Waals surface area contributed by atoms with Crippen LogP contribution in [0.2, 0.25) is 10.0 Å². The largest absolute Gasteiger partial charge is 0.303 e. The third kappa shape index (κ3) is 3.48. The zero-order valence-electron chi connectivity index (χ0n) is 10.6. The number of hydrogen-bond acceptors (Lipinski definition) is 2. The molecule has 2 atom stereocenters. The Morgan fingerprint density at radius 3 is 2.53 bits per heavy atom. The summed E-state index contributed by atoms with van der Waals surface area (Å²) in [7, 11) is 0. The molecule has 0 aliphatic rings. The summed E-state index contributed by atoms with van der Waals surface area (Å²) in [6.07, 6.45) is 0. The molecule has 0 fully saturated rings. The first-order valence-electron chi connectivity index (χ1n) is 5.93. The van der Waals surface area contributed by atoms with Gasteiger partial charge in [-0.1, -0.05) is 29.3 Å². The summed E-state index contributed by atoms with van der Waals surface area (Å²) in [5, 5.41) is 5.96. The summed E-state index contributed by atoms with van der Waals surface area (Å²) < 4.78 is 13.5. The summed E-state index contributed by atoms with van der Waals surface area (Å²) in [5.41, 5.74) is 0.715.